The van der Waals surface area contributed by atoms with Crippen LogP contribution in [0.15, 0.2) is 112 Å². The molecule has 0 aromatic heterocycles. The molecule has 0 radical (unpaired) electrons. The van der Waals surface area contributed by atoms with E-state index in [-0.39, 0.29) is 29.8 Å². The monoisotopic (exact) mass is 705 g/mol. The molecule has 4 aromatic rings. The molecule has 0 aliphatic heterocycles. The molecule has 0 spiro atoms. The molecule has 0 aliphatic carbocycles. The van der Waals surface area contributed by atoms with Crippen molar-refractivity contribution >= 4 is 43.5 Å². The van der Waals surface area contributed by atoms with Crippen LogP contribution < -0.4 is 14.4 Å². The van der Waals surface area contributed by atoms with Crippen molar-refractivity contribution in [1.29, 1.82) is 0 Å². The summed E-state index contributed by atoms with van der Waals surface area (Å²) in [5, 5.41) is 3.05. The van der Waals surface area contributed by atoms with Crippen molar-refractivity contribution in [2.45, 2.75) is 57.1 Å². The van der Waals surface area contributed by atoms with Gasteiger partial charge in [-0.1, -0.05) is 83.0 Å². The van der Waals surface area contributed by atoms with E-state index in [0.29, 0.717) is 17.9 Å². The van der Waals surface area contributed by atoms with Crippen molar-refractivity contribution in [1.82, 2.24) is 10.2 Å². The number of halogens is 1. The summed E-state index contributed by atoms with van der Waals surface area (Å²) in [6, 6.07) is 29.0. The van der Waals surface area contributed by atoms with Crippen LogP contribution in [-0.2, 0) is 32.6 Å². The molecular weight excluding hydrogens is 666 g/mol. The smallest absolute Gasteiger partial charge is 0.264 e. The minimum atomic E-state index is -4.21. The van der Waals surface area contributed by atoms with Gasteiger partial charge < -0.3 is 15.0 Å². The first-order valence-electron chi connectivity index (χ1n) is 15.1. The number of sulfonamides is 1. The SMILES string of the molecule is CC[C@H](C)NC(=O)[C@H](Cc1ccccc1)N(Cc1cccc(Br)c1)C(=O)CN(c1ccc(C)cc1)S(=O)(=O)c1ccc(OC)cc1. The summed E-state index contributed by atoms with van der Waals surface area (Å²) in [4.78, 5) is 30.0. The molecule has 242 valence electrons. The molecule has 0 unspecified atom stereocenters. The number of carbonyl (C=O) groups is 2. The fourth-order valence-electron chi connectivity index (χ4n) is 4.94. The lowest BCUT2D eigenvalue weighted by atomic mass is 10.0. The van der Waals surface area contributed by atoms with E-state index in [2.05, 4.69) is 21.2 Å². The lowest BCUT2D eigenvalue weighted by molar-refractivity contribution is -0.140. The third-order valence-corrected chi connectivity index (χ3v) is 10.0. The summed E-state index contributed by atoms with van der Waals surface area (Å²) >= 11 is 3.51. The maximum Gasteiger partial charge on any atom is 0.264 e. The molecule has 4 rings (SSSR count). The third kappa shape index (κ3) is 8.98. The van der Waals surface area contributed by atoms with Crippen LogP contribution >= 0.6 is 15.9 Å². The van der Waals surface area contributed by atoms with Crippen LogP contribution in [0.3, 0.4) is 0 Å². The summed E-state index contributed by atoms with van der Waals surface area (Å²) in [5.41, 5.74) is 2.94. The van der Waals surface area contributed by atoms with Crippen molar-refractivity contribution in [2.24, 2.45) is 0 Å². The Hall–Kier alpha value is -4.15. The molecule has 10 heteroatoms. The van der Waals surface area contributed by atoms with E-state index in [9.17, 15) is 18.0 Å². The van der Waals surface area contributed by atoms with Gasteiger partial charge >= 0.3 is 0 Å². The average Bonchev–Trinajstić information content (AvgIpc) is 3.06. The fraction of sp³-hybridized carbons (Fsp3) is 0.278. The second-order valence-corrected chi connectivity index (χ2v) is 14.0. The molecule has 0 bridgehead atoms. The Morgan fingerprint density at radius 3 is 2.15 bits per heavy atom. The predicted octanol–water partition coefficient (Wildman–Crippen LogP) is 6.52. The van der Waals surface area contributed by atoms with Gasteiger partial charge in [-0.15, -0.1) is 0 Å². The highest BCUT2D eigenvalue weighted by molar-refractivity contribution is 9.10. The van der Waals surface area contributed by atoms with Gasteiger partial charge in [0, 0.05) is 23.5 Å². The summed E-state index contributed by atoms with van der Waals surface area (Å²) in [5.74, 6) is -0.312. The highest BCUT2D eigenvalue weighted by atomic mass is 79.9. The number of carbonyl (C=O) groups excluding carboxylic acids is 2. The molecular formula is C36H40BrN3O5S. The van der Waals surface area contributed by atoms with Crippen LogP contribution in [0.25, 0.3) is 0 Å². The largest absolute Gasteiger partial charge is 0.497 e. The number of rotatable bonds is 14. The van der Waals surface area contributed by atoms with Gasteiger partial charge in [-0.05, 0) is 79.9 Å². The van der Waals surface area contributed by atoms with Crippen LogP contribution in [-0.4, -0.2) is 50.9 Å². The van der Waals surface area contributed by atoms with Crippen LogP contribution in [0, 0.1) is 6.92 Å². The Balaban J connectivity index is 1.80. The number of amides is 2. The Bertz CT molecular complexity index is 1720. The topological polar surface area (TPSA) is 96.0 Å². The van der Waals surface area contributed by atoms with E-state index in [4.69, 9.17) is 4.74 Å². The maximum atomic E-state index is 14.6. The zero-order chi connectivity index (χ0) is 33.3. The maximum absolute atomic E-state index is 14.6. The van der Waals surface area contributed by atoms with E-state index in [1.54, 1.807) is 36.4 Å². The number of benzene rings is 4. The molecule has 46 heavy (non-hydrogen) atoms. The van der Waals surface area contributed by atoms with Crippen LogP contribution in [0.2, 0.25) is 0 Å². The fourth-order valence-corrected chi connectivity index (χ4v) is 6.80. The van der Waals surface area contributed by atoms with Crippen molar-refractivity contribution in [3.8, 4) is 5.75 Å². The average molecular weight is 707 g/mol. The minimum Gasteiger partial charge on any atom is -0.497 e. The zero-order valence-electron chi connectivity index (χ0n) is 26.5. The summed E-state index contributed by atoms with van der Waals surface area (Å²) in [6.45, 7) is 5.37. The van der Waals surface area contributed by atoms with Crippen LogP contribution in [0.5, 0.6) is 5.75 Å². The Labute approximate surface area is 280 Å². The number of ether oxygens (including phenoxy) is 1. The van der Waals surface area contributed by atoms with Crippen LogP contribution in [0.1, 0.15) is 37.0 Å². The number of methoxy groups -OCH3 is 1. The second-order valence-electron chi connectivity index (χ2n) is 11.2. The standard InChI is InChI=1S/C36H40BrN3O5S/c1-5-27(3)38-36(42)34(23-28-10-7-6-8-11-28)39(24-29-12-9-13-30(37)22-29)35(41)25-40(31-16-14-26(2)15-17-31)46(43,44)33-20-18-32(45-4)19-21-33/h6-22,27,34H,5,23-25H2,1-4H3,(H,38,42)/t27-,34-/m0/s1. The summed E-state index contributed by atoms with van der Waals surface area (Å²) in [7, 11) is -2.70. The number of anilines is 1. The quantitative estimate of drug-likeness (QED) is 0.161. The first-order chi connectivity index (χ1) is 22.0. The Morgan fingerprint density at radius 1 is 0.891 bits per heavy atom. The first kappa shape index (κ1) is 34.7. The second kappa shape index (κ2) is 15.9. The number of nitrogens with zero attached hydrogens (tertiary/aromatic N) is 2. The van der Waals surface area contributed by atoms with Crippen molar-refractivity contribution in [3.63, 3.8) is 0 Å². The van der Waals surface area contributed by atoms with Gasteiger partial charge in [-0.25, -0.2) is 8.42 Å². The number of hydrogen-bond acceptors (Lipinski definition) is 5. The number of aryl methyl sites for hydroxylation is 1. The van der Waals surface area contributed by atoms with Crippen molar-refractivity contribution in [3.05, 3.63) is 124 Å². The van der Waals surface area contributed by atoms with E-state index in [0.717, 1.165) is 25.5 Å². The molecule has 2 atom stereocenters. The highest BCUT2D eigenvalue weighted by Gasteiger charge is 2.35. The molecule has 0 saturated heterocycles. The van der Waals surface area contributed by atoms with Gasteiger partial charge in [-0.3, -0.25) is 13.9 Å². The molecule has 0 fully saturated rings. The van der Waals surface area contributed by atoms with Crippen molar-refractivity contribution < 1.29 is 22.7 Å². The van der Waals surface area contributed by atoms with E-state index in [1.165, 1.54) is 24.1 Å². The number of nitrogens with one attached hydrogen (secondary N) is 1. The van der Waals surface area contributed by atoms with Crippen LogP contribution in [0.4, 0.5) is 5.69 Å². The van der Waals surface area contributed by atoms with Gasteiger partial charge in [0.2, 0.25) is 11.8 Å². The third-order valence-electron chi connectivity index (χ3n) is 7.76. The minimum absolute atomic E-state index is 0.00978. The highest BCUT2D eigenvalue weighted by Crippen LogP contribution is 2.27. The van der Waals surface area contributed by atoms with Crippen molar-refractivity contribution in [2.75, 3.05) is 18.0 Å². The predicted molar refractivity (Wildman–Crippen MR) is 185 cm³/mol. The lowest BCUT2D eigenvalue weighted by Gasteiger charge is -2.34. The normalized spacial score (nSPS) is 12.5. The van der Waals surface area contributed by atoms with Gasteiger partial charge in [-0.2, -0.15) is 0 Å². The lowest BCUT2D eigenvalue weighted by Crippen LogP contribution is -2.54. The molecule has 0 heterocycles. The molecule has 0 aliphatic rings. The van der Waals surface area contributed by atoms with E-state index >= 15 is 0 Å². The van der Waals surface area contributed by atoms with Gasteiger partial charge in [0.1, 0.15) is 18.3 Å². The number of hydrogen-bond donors (Lipinski definition) is 1. The molecule has 1 N–H and O–H groups in total. The van der Waals surface area contributed by atoms with E-state index < -0.39 is 28.5 Å². The van der Waals surface area contributed by atoms with Gasteiger partial charge in [0.25, 0.3) is 10.0 Å². The van der Waals surface area contributed by atoms with Gasteiger partial charge in [0.05, 0.1) is 17.7 Å². The Kier molecular flexibility index (Phi) is 12.0. The van der Waals surface area contributed by atoms with E-state index in [1.807, 2.05) is 75.4 Å². The molecule has 2 amide bonds. The molecule has 0 saturated carbocycles. The molecule has 8 nitrogen and oxygen atoms in total. The Morgan fingerprint density at radius 2 is 1.54 bits per heavy atom. The first-order valence-corrected chi connectivity index (χ1v) is 17.4. The van der Waals surface area contributed by atoms with Gasteiger partial charge in [0.15, 0.2) is 0 Å². The summed E-state index contributed by atoms with van der Waals surface area (Å²) in [6.07, 6.45) is 0.962. The zero-order valence-corrected chi connectivity index (χ0v) is 28.9. The molecule has 4 aromatic carbocycles. The summed E-state index contributed by atoms with van der Waals surface area (Å²) < 4.78 is 35.5.